The molecular weight excluding hydrogens is 312 g/mol. The van der Waals surface area contributed by atoms with Crippen molar-refractivity contribution >= 4 is 23.2 Å². The summed E-state index contributed by atoms with van der Waals surface area (Å²) in [7, 11) is 3.56. The van der Waals surface area contributed by atoms with Crippen LogP contribution >= 0.6 is 11.3 Å². The van der Waals surface area contributed by atoms with Crippen LogP contribution in [0.1, 0.15) is 11.3 Å². The number of rotatable bonds is 6. The van der Waals surface area contributed by atoms with E-state index < -0.39 is 0 Å². The van der Waals surface area contributed by atoms with Crippen LogP contribution < -0.4 is 5.32 Å². The van der Waals surface area contributed by atoms with Gasteiger partial charge in [-0.05, 0) is 31.0 Å². The largest absolute Gasteiger partial charge is 0.350 e. The van der Waals surface area contributed by atoms with Crippen LogP contribution in [0.3, 0.4) is 0 Å². The minimum absolute atomic E-state index is 0.0659. The van der Waals surface area contributed by atoms with Gasteiger partial charge in [0.15, 0.2) is 0 Å². The number of likely N-dealkylation sites (N-methyl/N-ethyl adjacent to an activating group) is 1. The Morgan fingerprint density at radius 2 is 1.87 bits per heavy atom. The summed E-state index contributed by atoms with van der Waals surface area (Å²) < 4.78 is 0. The van der Waals surface area contributed by atoms with Crippen LogP contribution in [0, 0.1) is 0 Å². The molecule has 1 saturated heterocycles. The lowest BCUT2D eigenvalue weighted by Gasteiger charge is -2.22. The monoisotopic (exact) mass is 338 g/mol. The summed E-state index contributed by atoms with van der Waals surface area (Å²) in [5.74, 6) is 0.198. The van der Waals surface area contributed by atoms with Crippen molar-refractivity contribution < 1.29 is 9.59 Å². The second-order valence-electron chi connectivity index (χ2n) is 6.05. The number of hydrogen-bond donors (Lipinski definition) is 1. The van der Waals surface area contributed by atoms with Gasteiger partial charge in [0.2, 0.25) is 11.8 Å². The second kappa shape index (κ2) is 9.00. The zero-order valence-electron chi connectivity index (χ0n) is 14.0. The van der Waals surface area contributed by atoms with Gasteiger partial charge in [-0.25, -0.2) is 0 Å². The number of nitrogens with zero attached hydrogens (tertiary/aromatic N) is 3. The van der Waals surface area contributed by atoms with E-state index in [1.165, 1.54) is 4.88 Å². The summed E-state index contributed by atoms with van der Waals surface area (Å²) in [6.07, 6.45) is 0.985. The molecule has 1 aromatic rings. The molecule has 0 aliphatic carbocycles. The molecule has 2 heterocycles. The molecular formula is C16H26N4O2S. The molecule has 0 saturated carbocycles. The van der Waals surface area contributed by atoms with Crippen LogP contribution in [0.25, 0.3) is 0 Å². The van der Waals surface area contributed by atoms with Crippen LogP contribution in [-0.4, -0.2) is 79.9 Å². The van der Waals surface area contributed by atoms with Gasteiger partial charge >= 0.3 is 0 Å². The molecule has 7 heteroatoms. The first-order valence-corrected chi connectivity index (χ1v) is 8.86. The maximum atomic E-state index is 12.0. The Kier molecular flexibility index (Phi) is 7.01. The van der Waals surface area contributed by atoms with Crippen molar-refractivity contribution in [2.24, 2.45) is 0 Å². The summed E-state index contributed by atoms with van der Waals surface area (Å²) in [5.41, 5.74) is 0. The van der Waals surface area contributed by atoms with E-state index in [1.807, 2.05) is 17.5 Å². The summed E-state index contributed by atoms with van der Waals surface area (Å²) in [6.45, 7) is 4.97. The van der Waals surface area contributed by atoms with Crippen LogP contribution in [0.15, 0.2) is 17.5 Å². The Hall–Kier alpha value is -1.44. The van der Waals surface area contributed by atoms with Crippen molar-refractivity contribution in [3.8, 4) is 0 Å². The first-order chi connectivity index (χ1) is 11.0. The third kappa shape index (κ3) is 6.29. The molecule has 1 aliphatic rings. The van der Waals surface area contributed by atoms with Crippen molar-refractivity contribution in [2.45, 2.75) is 13.0 Å². The van der Waals surface area contributed by atoms with Gasteiger partial charge in [-0.1, -0.05) is 6.07 Å². The van der Waals surface area contributed by atoms with E-state index in [0.29, 0.717) is 19.6 Å². The maximum absolute atomic E-state index is 12.0. The third-order valence-corrected chi connectivity index (χ3v) is 4.82. The highest BCUT2D eigenvalue weighted by Crippen LogP contribution is 2.07. The molecule has 128 valence electrons. The zero-order chi connectivity index (χ0) is 16.7. The number of thiophene rings is 1. The minimum atomic E-state index is 0.0659. The third-order valence-electron chi connectivity index (χ3n) is 3.95. The number of amides is 2. The summed E-state index contributed by atoms with van der Waals surface area (Å²) in [5, 5.41) is 4.98. The number of carbonyl (C=O) groups is 2. The average molecular weight is 338 g/mol. The Bertz CT molecular complexity index is 504. The van der Waals surface area contributed by atoms with E-state index in [-0.39, 0.29) is 11.8 Å². The summed E-state index contributed by atoms with van der Waals surface area (Å²) >= 11 is 1.65. The van der Waals surface area contributed by atoms with Gasteiger partial charge in [-0.2, -0.15) is 0 Å². The second-order valence-corrected chi connectivity index (χ2v) is 7.08. The standard InChI is InChI=1S/C16H26N4O2S/c1-18(2)16(22)13-20-7-4-6-19(8-9-20)12-15(21)17-11-14-5-3-10-23-14/h3,5,10H,4,6-9,11-13H2,1-2H3,(H,17,21). The van der Waals surface area contributed by atoms with Gasteiger partial charge in [-0.15, -0.1) is 11.3 Å². The highest BCUT2D eigenvalue weighted by molar-refractivity contribution is 7.09. The van der Waals surface area contributed by atoms with E-state index in [1.54, 1.807) is 30.3 Å². The van der Waals surface area contributed by atoms with Gasteiger partial charge < -0.3 is 10.2 Å². The molecule has 0 radical (unpaired) electrons. The van der Waals surface area contributed by atoms with Crippen LogP contribution in [-0.2, 0) is 16.1 Å². The highest BCUT2D eigenvalue weighted by Gasteiger charge is 2.19. The quantitative estimate of drug-likeness (QED) is 0.819. The molecule has 2 rings (SSSR count). The minimum Gasteiger partial charge on any atom is -0.350 e. The zero-order valence-corrected chi connectivity index (χ0v) is 14.8. The first kappa shape index (κ1) is 17.9. The molecule has 0 bridgehead atoms. The number of nitrogens with one attached hydrogen (secondary N) is 1. The van der Waals surface area contributed by atoms with Gasteiger partial charge in [0.25, 0.3) is 0 Å². The molecule has 0 atom stereocenters. The van der Waals surface area contributed by atoms with Gasteiger partial charge in [0.1, 0.15) is 0 Å². The Labute approximate surface area is 142 Å². The molecule has 1 N–H and O–H groups in total. The predicted octanol–water partition coefficient (Wildman–Crippen LogP) is 0.460. The lowest BCUT2D eigenvalue weighted by molar-refractivity contribution is -0.130. The van der Waals surface area contributed by atoms with E-state index in [0.717, 1.165) is 32.6 Å². The maximum Gasteiger partial charge on any atom is 0.236 e. The van der Waals surface area contributed by atoms with Gasteiger partial charge in [0, 0.05) is 32.1 Å². The van der Waals surface area contributed by atoms with E-state index in [2.05, 4.69) is 15.1 Å². The van der Waals surface area contributed by atoms with Crippen molar-refractivity contribution in [3.05, 3.63) is 22.4 Å². The van der Waals surface area contributed by atoms with Gasteiger partial charge in [0.05, 0.1) is 19.6 Å². The molecule has 6 nitrogen and oxygen atoms in total. The fourth-order valence-electron chi connectivity index (χ4n) is 2.53. The van der Waals surface area contributed by atoms with Crippen LogP contribution in [0.2, 0.25) is 0 Å². The Morgan fingerprint density at radius 1 is 1.17 bits per heavy atom. The number of hydrogen-bond acceptors (Lipinski definition) is 5. The lowest BCUT2D eigenvalue weighted by atomic mass is 10.3. The van der Waals surface area contributed by atoms with Crippen molar-refractivity contribution in [1.82, 2.24) is 20.0 Å². The van der Waals surface area contributed by atoms with Crippen molar-refractivity contribution in [3.63, 3.8) is 0 Å². The Balaban J connectivity index is 1.70. The molecule has 0 aromatic carbocycles. The number of carbonyl (C=O) groups excluding carboxylic acids is 2. The molecule has 2 amide bonds. The lowest BCUT2D eigenvalue weighted by Crippen LogP contribution is -2.40. The highest BCUT2D eigenvalue weighted by atomic mass is 32.1. The molecule has 1 aliphatic heterocycles. The topological polar surface area (TPSA) is 55.9 Å². The molecule has 0 spiro atoms. The van der Waals surface area contributed by atoms with Crippen LogP contribution in [0.4, 0.5) is 0 Å². The molecule has 1 aromatic heterocycles. The fraction of sp³-hybridized carbons (Fsp3) is 0.625. The summed E-state index contributed by atoms with van der Waals surface area (Å²) in [6, 6.07) is 4.01. The Morgan fingerprint density at radius 3 is 2.48 bits per heavy atom. The van der Waals surface area contributed by atoms with E-state index >= 15 is 0 Å². The summed E-state index contributed by atoms with van der Waals surface area (Å²) in [4.78, 5) is 31.0. The molecule has 23 heavy (non-hydrogen) atoms. The molecule has 1 fully saturated rings. The SMILES string of the molecule is CN(C)C(=O)CN1CCCN(CC(=O)NCc2cccs2)CC1. The fourth-order valence-corrected chi connectivity index (χ4v) is 3.18. The van der Waals surface area contributed by atoms with Crippen molar-refractivity contribution in [2.75, 3.05) is 53.4 Å². The van der Waals surface area contributed by atoms with Crippen molar-refractivity contribution in [1.29, 1.82) is 0 Å². The van der Waals surface area contributed by atoms with E-state index in [9.17, 15) is 9.59 Å². The van der Waals surface area contributed by atoms with Gasteiger partial charge in [-0.3, -0.25) is 19.4 Å². The normalized spacial score (nSPS) is 16.8. The smallest absolute Gasteiger partial charge is 0.236 e. The first-order valence-electron chi connectivity index (χ1n) is 7.98. The van der Waals surface area contributed by atoms with Crippen LogP contribution in [0.5, 0.6) is 0 Å². The molecule has 0 unspecified atom stereocenters. The van der Waals surface area contributed by atoms with E-state index in [4.69, 9.17) is 0 Å². The predicted molar refractivity (Wildman–Crippen MR) is 92.4 cm³/mol. The average Bonchev–Trinajstić information content (AvgIpc) is 2.94.